The fourth-order valence-corrected chi connectivity index (χ4v) is 4.11. The Labute approximate surface area is 141 Å². The van der Waals surface area contributed by atoms with E-state index >= 15 is 0 Å². The highest BCUT2D eigenvalue weighted by atomic mass is 131. The molecule has 1 heterocycles. The van der Waals surface area contributed by atoms with Crippen LogP contribution in [0.4, 0.5) is 5.69 Å². The molecule has 2 aliphatic rings. The van der Waals surface area contributed by atoms with E-state index in [1.165, 1.54) is 13.1 Å². The van der Waals surface area contributed by atoms with Crippen molar-refractivity contribution in [2.45, 2.75) is 0 Å². The van der Waals surface area contributed by atoms with Crippen LogP contribution in [0.5, 0.6) is 0 Å². The van der Waals surface area contributed by atoms with E-state index in [1.54, 1.807) is 11.3 Å². The van der Waals surface area contributed by atoms with Gasteiger partial charge in [-0.1, -0.05) is 0 Å². The van der Waals surface area contributed by atoms with Crippen LogP contribution in [0.2, 0.25) is 0 Å². The van der Waals surface area contributed by atoms with Crippen molar-refractivity contribution in [1.82, 2.24) is 4.98 Å². The second-order valence-electron chi connectivity index (χ2n) is 4.17. The van der Waals surface area contributed by atoms with Crippen LogP contribution in [0, 0.1) is 3.57 Å². The molecule has 104 valence electrons. The van der Waals surface area contributed by atoms with Crippen LogP contribution in [0.1, 0.15) is 0 Å². The second kappa shape index (κ2) is 6.24. The molecule has 1 aliphatic carbocycles. The van der Waals surface area contributed by atoms with E-state index in [2.05, 4.69) is 63.2 Å². The van der Waals surface area contributed by atoms with E-state index < -0.39 is 0 Å². The molecular weight excluding hydrogens is 409 g/mol. The molecule has 0 unspecified atom stereocenters. The summed E-state index contributed by atoms with van der Waals surface area (Å²) in [4.78, 5) is 9.19. The fourth-order valence-electron chi connectivity index (χ4n) is 2.01. The lowest BCUT2D eigenvalue weighted by atomic mass is 10.2. The summed E-state index contributed by atoms with van der Waals surface area (Å²) >= 11 is 4.17. The maximum atomic E-state index is 4.74. The number of rotatable bonds is 1. The normalized spacial score (nSPS) is 11.7. The lowest BCUT2D eigenvalue weighted by molar-refractivity contribution is -0.466. The minimum absolute atomic E-state index is 0. The Bertz CT molecular complexity index is 800. The number of fused-ring (bicyclic) bond motifs is 2. The SMILES string of the molecule is CNc1ccc2nc3ccc(=[NH+]C)c([131I])c-3sc2c1.[Cl-]. The van der Waals surface area contributed by atoms with Gasteiger partial charge < -0.3 is 17.7 Å². The molecule has 3 nitrogen and oxygen atoms in total. The topological polar surface area (TPSA) is 38.9 Å². The van der Waals surface area contributed by atoms with E-state index in [0.29, 0.717) is 0 Å². The first-order valence-electron chi connectivity index (χ1n) is 5.94. The first-order valence-corrected chi connectivity index (χ1v) is 7.84. The fraction of sp³-hybridized carbons (Fsp3) is 0.143. The van der Waals surface area contributed by atoms with Gasteiger partial charge in [-0.2, -0.15) is 0 Å². The third-order valence-corrected chi connectivity index (χ3v) is 5.70. The van der Waals surface area contributed by atoms with E-state index in [9.17, 15) is 0 Å². The summed E-state index contributed by atoms with van der Waals surface area (Å²) in [5.41, 5.74) is 3.22. The Morgan fingerprint density at radius 2 is 2.05 bits per heavy atom. The zero-order chi connectivity index (χ0) is 13.4. The molecule has 0 atom stereocenters. The Kier molecular flexibility index (Phi) is 4.82. The van der Waals surface area contributed by atoms with E-state index in [-0.39, 0.29) is 12.4 Å². The molecule has 20 heavy (non-hydrogen) atoms. The number of benzene rings is 2. The summed E-state index contributed by atoms with van der Waals surface area (Å²) < 4.78 is 2.43. The summed E-state index contributed by atoms with van der Waals surface area (Å²) in [5.74, 6) is 0. The maximum absolute atomic E-state index is 4.74. The molecule has 0 saturated carbocycles. The number of hydrogen-bond acceptors (Lipinski definition) is 3. The van der Waals surface area contributed by atoms with E-state index in [4.69, 9.17) is 4.98 Å². The van der Waals surface area contributed by atoms with Crippen LogP contribution in [-0.2, 0) is 0 Å². The average molecular weight is 422 g/mol. The highest BCUT2D eigenvalue weighted by Crippen LogP contribution is 2.33. The second-order valence-corrected chi connectivity index (χ2v) is 6.30. The zero-order valence-corrected chi connectivity index (χ0v) is 14.7. The van der Waals surface area contributed by atoms with Crippen molar-refractivity contribution in [2.24, 2.45) is 0 Å². The smallest absolute Gasteiger partial charge is 0.213 e. The quantitative estimate of drug-likeness (QED) is 0.377. The lowest BCUT2D eigenvalue weighted by Crippen LogP contribution is -3.00. The first kappa shape index (κ1) is 15.5. The molecular formula is C14H13ClIN3S. The lowest BCUT2D eigenvalue weighted by Gasteiger charge is -2.08. The van der Waals surface area contributed by atoms with Crippen LogP contribution in [-0.4, -0.2) is 19.1 Å². The number of anilines is 1. The molecule has 6 heteroatoms. The third kappa shape index (κ3) is 2.62. The molecule has 0 bridgehead atoms. The van der Waals surface area contributed by atoms with Crippen molar-refractivity contribution < 1.29 is 17.4 Å². The maximum Gasteiger partial charge on any atom is 0.213 e. The van der Waals surface area contributed by atoms with Gasteiger partial charge in [0, 0.05) is 18.8 Å². The van der Waals surface area contributed by atoms with Gasteiger partial charge in [0.15, 0.2) is 0 Å². The zero-order valence-electron chi connectivity index (χ0n) is 11.0. The van der Waals surface area contributed by atoms with Gasteiger partial charge in [-0.05, 0) is 46.9 Å². The van der Waals surface area contributed by atoms with Crippen LogP contribution >= 0.6 is 33.9 Å². The molecule has 1 aromatic carbocycles. The highest BCUT2D eigenvalue weighted by molar-refractivity contribution is 14.1. The summed E-state index contributed by atoms with van der Waals surface area (Å²) in [6.07, 6.45) is 0. The number of halogens is 2. The van der Waals surface area contributed by atoms with Crippen LogP contribution in [0.25, 0.3) is 20.8 Å². The standard InChI is InChI=1S/C14H12IN3S.ClH/c1-16-8-3-4-9-12(7-8)19-14-11(18-9)6-5-10(17-2)13(14)15;/h3-7,16H,1-2H3;1H/i15+4;. The molecule has 3 rings (SSSR count). The summed E-state index contributed by atoms with van der Waals surface area (Å²) in [5, 5.41) is 4.32. The molecule has 2 N–H and O–H groups in total. The van der Waals surface area contributed by atoms with Gasteiger partial charge in [0.05, 0.1) is 20.8 Å². The minimum Gasteiger partial charge on any atom is -1.00 e. The number of nitrogens with zero attached hydrogens (tertiary/aromatic N) is 1. The monoisotopic (exact) mass is 421 g/mol. The van der Waals surface area contributed by atoms with Crippen molar-refractivity contribution in [3.8, 4) is 10.6 Å². The molecule has 0 fully saturated rings. The molecule has 0 saturated heterocycles. The van der Waals surface area contributed by atoms with Gasteiger partial charge in [-0.3, -0.25) is 0 Å². The van der Waals surface area contributed by atoms with Gasteiger partial charge in [0.25, 0.3) is 0 Å². The molecule has 0 spiro atoms. The molecule has 0 radical (unpaired) electrons. The van der Waals surface area contributed by atoms with Gasteiger partial charge >= 0.3 is 0 Å². The van der Waals surface area contributed by atoms with E-state index in [0.717, 1.165) is 22.3 Å². The number of aromatic nitrogens is 1. The molecule has 1 aliphatic heterocycles. The number of hydrogen-bond donors (Lipinski definition) is 2. The average Bonchev–Trinajstić information content (AvgIpc) is 2.45. The van der Waals surface area contributed by atoms with Crippen LogP contribution < -0.4 is 28.1 Å². The summed E-state index contributed by atoms with van der Waals surface area (Å²) in [6.45, 7) is 0. The number of nitrogens with one attached hydrogen (secondary N) is 2. The third-order valence-electron chi connectivity index (χ3n) is 3.05. The largest absolute Gasteiger partial charge is 1.00 e. The Hall–Kier alpha value is -0.920. The van der Waals surface area contributed by atoms with Crippen molar-refractivity contribution in [2.75, 3.05) is 19.4 Å². The Balaban J connectivity index is 0.00000147. The highest BCUT2D eigenvalue weighted by Gasteiger charge is 2.14. The van der Waals surface area contributed by atoms with Crippen LogP contribution in [0.3, 0.4) is 0 Å². The van der Waals surface area contributed by atoms with Crippen molar-refractivity contribution in [1.29, 1.82) is 0 Å². The van der Waals surface area contributed by atoms with Gasteiger partial charge in [-0.25, -0.2) is 9.98 Å². The Morgan fingerprint density at radius 1 is 1.25 bits per heavy atom. The van der Waals surface area contributed by atoms with Gasteiger partial charge in [-0.15, -0.1) is 11.3 Å². The summed E-state index contributed by atoms with van der Waals surface area (Å²) in [7, 11) is 3.88. The summed E-state index contributed by atoms with van der Waals surface area (Å²) in [6, 6.07) is 10.4. The van der Waals surface area contributed by atoms with E-state index in [1.807, 2.05) is 14.1 Å². The van der Waals surface area contributed by atoms with Crippen molar-refractivity contribution in [3.05, 3.63) is 39.3 Å². The van der Waals surface area contributed by atoms with Gasteiger partial charge in [0.1, 0.15) is 10.6 Å². The Morgan fingerprint density at radius 3 is 2.75 bits per heavy atom. The minimum atomic E-state index is 0. The molecule has 0 aromatic heterocycles. The van der Waals surface area contributed by atoms with Crippen molar-refractivity contribution in [3.63, 3.8) is 0 Å². The van der Waals surface area contributed by atoms with Gasteiger partial charge in [0.2, 0.25) is 5.36 Å². The van der Waals surface area contributed by atoms with Crippen LogP contribution in [0.15, 0.2) is 30.3 Å². The molecule has 1 aromatic rings. The predicted octanol–water partition coefficient (Wildman–Crippen LogP) is -1.34. The van der Waals surface area contributed by atoms with Crippen molar-refractivity contribution >= 4 is 49.8 Å². The molecule has 0 amide bonds. The first-order chi connectivity index (χ1) is 9.22. The predicted molar refractivity (Wildman–Crippen MR) is 88.5 cm³/mol.